The van der Waals surface area contributed by atoms with Gasteiger partial charge in [0.25, 0.3) is 0 Å². The summed E-state index contributed by atoms with van der Waals surface area (Å²) in [5.41, 5.74) is 1.02. The van der Waals surface area contributed by atoms with Crippen molar-refractivity contribution in [1.82, 2.24) is 4.72 Å². The molecule has 0 radical (unpaired) electrons. The lowest BCUT2D eigenvalue weighted by Gasteiger charge is -2.18. The van der Waals surface area contributed by atoms with Crippen LogP contribution in [0.5, 0.6) is 11.5 Å². The summed E-state index contributed by atoms with van der Waals surface area (Å²) in [4.78, 5) is 0. The topological polar surface area (TPSA) is 64.6 Å². The van der Waals surface area contributed by atoms with E-state index in [-0.39, 0.29) is 5.75 Å². The van der Waals surface area contributed by atoms with E-state index in [0.717, 1.165) is 17.1 Å². The van der Waals surface area contributed by atoms with Gasteiger partial charge >= 0.3 is 0 Å². The Morgan fingerprint density at radius 1 is 1.14 bits per heavy atom. The summed E-state index contributed by atoms with van der Waals surface area (Å²) in [7, 11) is -3.21. The molecule has 1 aliphatic heterocycles. The molecule has 118 valence electrons. The Labute approximate surface area is 130 Å². The predicted molar refractivity (Wildman–Crippen MR) is 82.9 cm³/mol. The highest BCUT2D eigenvalue weighted by Gasteiger charge is 2.12. The smallest absolute Gasteiger partial charge is 0.211 e. The number of hydrogen-bond acceptors (Lipinski definition) is 4. The lowest BCUT2D eigenvalue weighted by atomic mass is 10.1. The Bertz CT molecular complexity index is 562. The number of nitrogens with one attached hydrogen (secondary N) is 1. The van der Waals surface area contributed by atoms with Crippen LogP contribution in [0.1, 0.15) is 18.4 Å². The molecule has 2 rings (SSSR count). The fraction of sp³-hybridized carbons (Fsp3) is 0.571. The van der Waals surface area contributed by atoms with Crippen molar-refractivity contribution in [1.29, 1.82) is 0 Å². The second-order valence-corrected chi connectivity index (χ2v) is 7.14. The van der Waals surface area contributed by atoms with E-state index in [9.17, 15) is 8.42 Å². The number of hydrogen-bond donors (Lipinski definition) is 1. The first-order valence-corrected chi connectivity index (χ1v) is 9.21. The number of ether oxygens (including phenoxy) is 2. The summed E-state index contributed by atoms with van der Waals surface area (Å²) in [6, 6.07) is 5.68. The van der Waals surface area contributed by atoms with Crippen molar-refractivity contribution in [2.45, 2.75) is 19.3 Å². The van der Waals surface area contributed by atoms with Gasteiger partial charge in [-0.2, -0.15) is 0 Å². The van der Waals surface area contributed by atoms with E-state index < -0.39 is 10.0 Å². The van der Waals surface area contributed by atoms with E-state index in [2.05, 4.69) is 4.72 Å². The van der Waals surface area contributed by atoms with Gasteiger partial charge in [-0.1, -0.05) is 6.07 Å². The number of alkyl halides is 1. The van der Waals surface area contributed by atoms with Crippen molar-refractivity contribution in [3.05, 3.63) is 23.8 Å². The van der Waals surface area contributed by atoms with Gasteiger partial charge in [0, 0.05) is 12.4 Å². The molecular weight excluding hydrogens is 314 g/mol. The number of sulfonamides is 1. The van der Waals surface area contributed by atoms with E-state index in [1.807, 2.05) is 18.2 Å². The molecule has 0 bridgehead atoms. The summed E-state index contributed by atoms with van der Waals surface area (Å²) in [6.07, 6.45) is 1.92. The van der Waals surface area contributed by atoms with Gasteiger partial charge < -0.3 is 9.47 Å². The molecule has 1 aromatic carbocycles. The third-order valence-corrected chi connectivity index (χ3v) is 4.88. The van der Waals surface area contributed by atoms with Crippen LogP contribution >= 0.6 is 11.6 Å². The predicted octanol–water partition coefficient (Wildman–Crippen LogP) is 1.94. The minimum Gasteiger partial charge on any atom is -0.486 e. The van der Waals surface area contributed by atoms with Gasteiger partial charge in [0.2, 0.25) is 10.0 Å². The van der Waals surface area contributed by atoms with Crippen molar-refractivity contribution >= 4 is 21.6 Å². The molecule has 1 aliphatic rings. The number of fused-ring (bicyclic) bond motifs is 1. The number of benzene rings is 1. The molecule has 0 aliphatic carbocycles. The summed E-state index contributed by atoms with van der Waals surface area (Å²) in [5, 5.41) is 0. The van der Waals surface area contributed by atoms with Crippen LogP contribution in [0, 0.1) is 0 Å². The molecule has 5 nitrogen and oxygen atoms in total. The molecule has 1 heterocycles. The zero-order valence-electron chi connectivity index (χ0n) is 11.8. The van der Waals surface area contributed by atoms with Crippen molar-refractivity contribution < 1.29 is 17.9 Å². The average Bonchev–Trinajstić information content (AvgIpc) is 2.47. The molecule has 1 N–H and O–H groups in total. The highest BCUT2D eigenvalue weighted by Crippen LogP contribution is 2.30. The molecule has 0 amide bonds. The normalized spacial score (nSPS) is 14.1. The first kappa shape index (κ1) is 16.4. The standard InChI is InChI=1S/C14H20ClNO4S/c15-6-1-2-10-21(17,18)16-7-5-12-3-4-13-14(11-12)20-9-8-19-13/h3-4,11,16H,1-2,5-10H2. The first-order chi connectivity index (χ1) is 10.1. The van der Waals surface area contributed by atoms with Crippen LogP contribution in [0.15, 0.2) is 18.2 Å². The van der Waals surface area contributed by atoms with Crippen LogP contribution in [-0.2, 0) is 16.4 Å². The molecular formula is C14H20ClNO4S. The van der Waals surface area contributed by atoms with Crippen LogP contribution in [0.2, 0.25) is 0 Å². The van der Waals surface area contributed by atoms with E-state index in [1.165, 1.54) is 0 Å². The largest absolute Gasteiger partial charge is 0.486 e. The molecule has 0 fully saturated rings. The monoisotopic (exact) mass is 333 g/mol. The third-order valence-electron chi connectivity index (χ3n) is 3.14. The first-order valence-electron chi connectivity index (χ1n) is 7.02. The van der Waals surface area contributed by atoms with Crippen LogP contribution in [0.25, 0.3) is 0 Å². The highest BCUT2D eigenvalue weighted by molar-refractivity contribution is 7.89. The maximum atomic E-state index is 11.7. The van der Waals surface area contributed by atoms with Crippen LogP contribution in [0.4, 0.5) is 0 Å². The summed E-state index contributed by atoms with van der Waals surface area (Å²) in [6.45, 7) is 1.49. The van der Waals surface area contributed by atoms with Crippen LogP contribution < -0.4 is 14.2 Å². The van der Waals surface area contributed by atoms with E-state index >= 15 is 0 Å². The zero-order chi connectivity index (χ0) is 15.1. The Morgan fingerprint density at radius 2 is 1.90 bits per heavy atom. The fourth-order valence-electron chi connectivity index (χ4n) is 2.05. The zero-order valence-corrected chi connectivity index (χ0v) is 13.4. The van der Waals surface area contributed by atoms with Crippen molar-refractivity contribution in [3.63, 3.8) is 0 Å². The third kappa shape index (κ3) is 5.37. The Morgan fingerprint density at radius 3 is 2.67 bits per heavy atom. The Kier molecular flexibility index (Phi) is 6.14. The quantitative estimate of drug-likeness (QED) is 0.583. The second kappa shape index (κ2) is 7.87. The van der Waals surface area contributed by atoms with E-state index in [1.54, 1.807) is 0 Å². The lowest BCUT2D eigenvalue weighted by Crippen LogP contribution is -2.28. The minimum atomic E-state index is -3.21. The van der Waals surface area contributed by atoms with Crippen molar-refractivity contribution in [2.24, 2.45) is 0 Å². The Hall–Kier alpha value is -0.980. The number of halogens is 1. The lowest BCUT2D eigenvalue weighted by molar-refractivity contribution is 0.171. The Balaban J connectivity index is 1.80. The SMILES string of the molecule is O=S(=O)(CCCCCl)NCCc1ccc2c(c1)OCCO2. The molecule has 0 saturated carbocycles. The molecule has 0 spiro atoms. The second-order valence-electron chi connectivity index (χ2n) is 4.84. The van der Waals surface area contributed by atoms with E-state index in [0.29, 0.717) is 44.9 Å². The van der Waals surface area contributed by atoms with Crippen LogP contribution in [-0.4, -0.2) is 39.8 Å². The highest BCUT2D eigenvalue weighted by atomic mass is 35.5. The molecule has 0 unspecified atom stereocenters. The summed E-state index contributed by atoms with van der Waals surface area (Å²) < 4.78 is 37.0. The van der Waals surface area contributed by atoms with Gasteiger partial charge in [0.15, 0.2) is 11.5 Å². The minimum absolute atomic E-state index is 0.126. The van der Waals surface area contributed by atoms with Crippen molar-refractivity contribution in [3.8, 4) is 11.5 Å². The van der Waals surface area contributed by atoms with E-state index in [4.69, 9.17) is 21.1 Å². The maximum absolute atomic E-state index is 11.7. The van der Waals surface area contributed by atoms with Gasteiger partial charge in [-0.05, 0) is 37.0 Å². The van der Waals surface area contributed by atoms with Gasteiger partial charge in [-0.3, -0.25) is 0 Å². The van der Waals surface area contributed by atoms with Gasteiger partial charge in [-0.25, -0.2) is 13.1 Å². The fourth-order valence-corrected chi connectivity index (χ4v) is 3.38. The van der Waals surface area contributed by atoms with Crippen LogP contribution in [0.3, 0.4) is 0 Å². The molecule has 21 heavy (non-hydrogen) atoms. The maximum Gasteiger partial charge on any atom is 0.211 e. The molecule has 0 aromatic heterocycles. The van der Waals surface area contributed by atoms with Gasteiger partial charge in [0.05, 0.1) is 5.75 Å². The summed E-state index contributed by atoms with van der Waals surface area (Å²) >= 11 is 5.54. The molecule has 7 heteroatoms. The number of unbranched alkanes of at least 4 members (excludes halogenated alkanes) is 1. The van der Waals surface area contributed by atoms with Crippen molar-refractivity contribution in [2.75, 3.05) is 31.4 Å². The van der Waals surface area contributed by atoms with Gasteiger partial charge in [-0.15, -0.1) is 11.6 Å². The summed E-state index contributed by atoms with van der Waals surface area (Å²) in [5.74, 6) is 2.09. The molecule has 0 saturated heterocycles. The van der Waals surface area contributed by atoms with Gasteiger partial charge in [0.1, 0.15) is 13.2 Å². The average molecular weight is 334 g/mol. The molecule has 1 aromatic rings. The molecule has 0 atom stereocenters. The number of rotatable bonds is 8.